The zero-order chi connectivity index (χ0) is 14.0. The SMILES string of the molecule is Cc1ccc(NC2=NCC3(CCCCC3)CS2)cc1Cl. The third-order valence-electron chi connectivity index (χ3n) is 4.41. The van der Waals surface area contributed by atoms with E-state index in [1.807, 2.05) is 30.8 Å². The molecule has 1 aliphatic carbocycles. The summed E-state index contributed by atoms with van der Waals surface area (Å²) < 4.78 is 0. The van der Waals surface area contributed by atoms with Gasteiger partial charge in [0.1, 0.15) is 0 Å². The zero-order valence-corrected chi connectivity index (χ0v) is 13.5. The molecule has 0 atom stereocenters. The van der Waals surface area contributed by atoms with E-state index in [9.17, 15) is 0 Å². The largest absolute Gasteiger partial charge is 0.335 e. The Balaban J connectivity index is 1.65. The minimum absolute atomic E-state index is 0.485. The molecule has 1 N–H and O–H groups in total. The Morgan fingerprint density at radius 1 is 1.25 bits per heavy atom. The van der Waals surface area contributed by atoms with Crippen LogP contribution in [0.5, 0.6) is 0 Å². The Kier molecular flexibility index (Phi) is 4.27. The van der Waals surface area contributed by atoms with Crippen molar-refractivity contribution in [2.45, 2.75) is 39.0 Å². The van der Waals surface area contributed by atoms with Crippen molar-refractivity contribution in [3.05, 3.63) is 28.8 Å². The van der Waals surface area contributed by atoms with Crippen LogP contribution in [0.15, 0.2) is 23.2 Å². The van der Waals surface area contributed by atoms with E-state index in [1.54, 1.807) is 0 Å². The molecular weight excluding hydrogens is 288 g/mol. The van der Waals surface area contributed by atoms with E-state index >= 15 is 0 Å². The smallest absolute Gasteiger partial charge is 0.161 e. The van der Waals surface area contributed by atoms with E-state index in [2.05, 4.69) is 11.4 Å². The van der Waals surface area contributed by atoms with E-state index in [1.165, 1.54) is 37.9 Å². The van der Waals surface area contributed by atoms with Gasteiger partial charge >= 0.3 is 0 Å². The van der Waals surface area contributed by atoms with Crippen molar-refractivity contribution in [1.82, 2.24) is 0 Å². The summed E-state index contributed by atoms with van der Waals surface area (Å²) >= 11 is 8.03. The second-order valence-electron chi connectivity index (χ2n) is 6.06. The van der Waals surface area contributed by atoms with E-state index < -0.39 is 0 Å². The molecule has 1 saturated carbocycles. The monoisotopic (exact) mass is 308 g/mol. The molecule has 1 aromatic rings. The maximum Gasteiger partial charge on any atom is 0.161 e. The number of nitrogens with one attached hydrogen (secondary N) is 1. The maximum atomic E-state index is 6.16. The Morgan fingerprint density at radius 2 is 2.05 bits per heavy atom. The van der Waals surface area contributed by atoms with Gasteiger partial charge in [-0.3, -0.25) is 4.99 Å². The van der Waals surface area contributed by atoms with Crippen molar-refractivity contribution < 1.29 is 0 Å². The zero-order valence-electron chi connectivity index (χ0n) is 11.9. The predicted molar refractivity (Wildman–Crippen MR) is 90.1 cm³/mol. The highest BCUT2D eigenvalue weighted by Crippen LogP contribution is 2.42. The molecule has 0 radical (unpaired) electrons. The first-order valence-corrected chi connectivity index (χ1v) is 8.74. The van der Waals surface area contributed by atoms with Gasteiger partial charge in [-0.2, -0.15) is 0 Å². The molecule has 1 aromatic carbocycles. The number of nitrogens with zero attached hydrogens (tertiary/aromatic N) is 1. The lowest BCUT2D eigenvalue weighted by molar-refractivity contribution is 0.232. The van der Waals surface area contributed by atoms with Gasteiger partial charge in [-0.05, 0) is 42.9 Å². The topological polar surface area (TPSA) is 24.4 Å². The minimum atomic E-state index is 0.485. The first-order valence-electron chi connectivity index (χ1n) is 7.37. The van der Waals surface area contributed by atoms with Crippen molar-refractivity contribution in [1.29, 1.82) is 0 Å². The van der Waals surface area contributed by atoms with Gasteiger partial charge in [-0.15, -0.1) is 0 Å². The van der Waals surface area contributed by atoms with Crippen LogP contribution in [0.1, 0.15) is 37.7 Å². The molecule has 4 heteroatoms. The van der Waals surface area contributed by atoms with Crippen molar-refractivity contribution in [2.75, 3.05) is 17.6 Å². The molecule has 1 spiro atoms. The lowest BCUT2D eigenvalue weighted by atomic mass is 9.75. The molecule has 0 aromatic heterocycles. The van der Waals surface area contributed by atoms with Crippen molar-refractivity contribution in [2.24, 2.45) is 10.4 Å². The van der Waals surface area contributed by atoms with Crippen molar-refractivity contribution >= 4 is 34.2 Å². The first kappa shape index (κ1) is 14.3. The number of hydrogen-bond acceptors (Lipinski definition) is 3. The van der Waals surface area contributed by atoms with E-state index in [4.69, 9.17) is 16.6 Å². The Labute approximate surface area is 130 Å². The maximum absolute atomic E-state index is 6.16. The molecule has 1 fully saturated rings. The molecule has 0 bridgehead atoms. The summed E-state index contributed by atoms with van der Waals surface area (Å²) in [4.78, 5) is 4.78. The highest BCUT2D eigenvalue weighted by molar-refractivity contribution is 8.14. The van der Waals surface area contributed by atoms with E-state index in [0.29, 0.717) is 5.41 Å². The van der Waals surface area contributed by atoms with Crippen LogP contribution in [-0.4, -0.2) is 17.5 Å². The van der Waals surface area contributed by atoms with E-state index in [0.717, 1.165) is 28.0 Å². The lowest BCUT2D eigenvalue weighted by Crippen LogP contribution is -2.35. The molecule has 0 amide bonds. The van der Waals surface area contributed by atoms with Crippen LogP contribution in [0, 0.1) is 12.3 Å². The minimum Gasteiger partial charge on any atom is -0.335 e. The average Bonchev–Trinajstić information content (AvgIpc) is 2.47. The van der Waals surface area contributed by atoms with Crippen molar-refractivity contribution in [3.63, 3.8) is 0 Å². The first-order chi connectivity index (χ1) is 9.67. The highest BCUT2D eigenvalue weighted by atomic mass is 35.5. The highest BCUT2D eigenvalue weighted by Gasteiger charge is 2.34. The van der Waals surface area contributed by atoms with Gasteiger partial charge < -0.3 is 5.32 Å². The molecule has 108 valence electrons. The molecule has 20 heavy (non-hydrogen) atoms. The number of benzene rings is 1. The third kappa shape index (κ3) is 3.15. The Morgan fingerprint density at radius 3 is 2.70 bits per heavy atom. The molecule has 0 saturated heterocycles. The Bertz CT molecular complexity index is 521. The summed E-state index contributed by atoms with van der Waals surface area (Å²) in [6.07, 6.45) is 6.88. The standard InChI is InChI=1S/C16H21ClN2S/c1-12-5-6-13(9-14(12)17)19-15-18-10-16(11-20-15)7-3-2-4-8-16/h5-6,9H,2-4,7-8,10-11H2,1H3,(H,18,19). The number of halogens is 1. The van der Waals surface area contributed by atoms with Gasteiger partial charge in [0.05, 0.1) is 0 Å². The molecular formula is C16H21ClN2S. The van der Waals surface area contributed by atoms with Crippen LogP contribution < -0.4 is 5.32 Å². The fourth-order valence-electron chi connectivity index (χ4n) is 3.03. The van der Waals surface area contributed by atoms with E-state index in [-0.39, 0.29) is 0 Å². The van der Waals surface area contributed by atoms with Gasteiger partial charge in [0, 0.05) is 23.0 Å². The Hall–Kier alpha value is -0.670. The van der Waals surface area contributed by atoms with Gasteiger partial charge in [-0.25, -0.2) is 0 Å². The summed E-state index contributed by atoms with van der Waals surface area (Å²) in [7, 11) is 0. The van der Waals surface area contributed by atoms with Crippen LogP contribution in [-0.2, 0) is 0 Å². The number of aliphatic imine (C=N–C) groups is 1. The van der Waals surface area contributed by atoms with Gasteiger partial charge in [-0.1, -0.05) is 48.7 Å². The molecule has 1 heterocycles. The summed E-state index contributed by atoms with van der Waals surface area (Å²) in [5.74, 6) is 1.21. The number of aryl methyl sites for hydroxylation is 1. The fraction of sp³-hybridized carbons (Fsp3) is 0.562. The molecule has 1 aliphatic heterocycles. The van der Waals surface area contributed by atoms with Crippen molar-refractivity contribution in [3.8, 4) is 0 Å². The lowest BCUT2D eigenvalue weighted by Gasteiger charge is -2.38. The number of thioether (sulfide) groups is 1. The molecule has 2 nitrogen and oxygen atoms in total. The second kappa shape index (κ2) is 5.98. The second-order valence-corrected chi connectivity index (χ2v) is 7.43. The number of rotatable bonds is 1. The molecule has 0 unspecified atom stereocenters. The van der Waals surface area contributed by atoms with Crippen LogP contribution >= 0.6 is 23.4 Å². The van der Waals surface area contributed by atoms with Gasteiger partial charge in [0.25, 0.3) is 0 Å². The normalized spacial score (nSPS) is 21.6. The van der Waals surface area contributed by atoms with Crippen LogP contribution in [0.2, 0.25) is 5.02 Å². The quantitative estimate of drug-likeness (QED) is 0.779. The number of hydrogen-bond donors (Lipinski definition) is 1. The molecule has 2 aliphatic rings. The number of anilines is 1. The molecule has 3 rings (SSSR count). The number of amidine groups is 1. The average molecular weight is 309 g/mol. The van der Waals surface area contributed by atoms with Gasteiger partial charge in [0.2, 0.25) is 0 Å². The summed E-state index contributed by atoms with van der Waals surface area (Å²) in [5.41, 5.74) is 2.63. The van der Waals surface area contributed by atoms with Gasteiger partial charge in [0.15, 0.2) is 5.17 Å². The fourth-order valence-corrected chi connectivity index (χ4v) is 4.38. The summed E-state index contributed by atoms with van der Waals surface area (Å²) in [6, 6.07) is 6.08. The van der Waals surface area contributed by atoms with Crippen LogP contribution in [0.25, 0.3) is 0 Å². The summed E-state index contributed by atoms with van der Waals surface area (Å²) in [6.45, 7) is 3.01. The predicted octanol–water partition coefficient (Wildman–Crippen LogP) is 5.11. The van der Waals surface area contributed by atoms with Crippen LogP contribution in [0.4, 0.5) is 5.69 Å². The van der Waals surface area contributed by atoms with Crippen LogP contribution in [0.3, 0.4) is 0 Å². The third-order valence-corrected chi connectivity index (χ3v) is 6.08. The summed E-state index contributed by atoms with van der Waals surface area (Å²) in [5, 5.41) is 5.25.